The number of halogens is 1. The molecule has 0 saturated heterocycles. The van der Waals surface area contributed by atoms with Gasteiger partial charge in [0.1, 0.15) is 0 Å². The van der Waals surface area contributed by atoms with E-state index < -0.39 is 6.08 Å². The van der Waals surface area contributed by atoms with Crippen LogP contribution in [0.25, 0.3) is 0 Å². The summed E-state index contributed by atoms with van der Waals surface area (Å²) in [5, 5.41) is 8.00. The first-order chi connectivity index (χ1) is 3.83. The zero-order valence-corrected chi connectivity index (χ0v) is 4.27. The third kappa shape index (κ3) is 0.749. The van der Waals surface area contributed by atoms with E-state index in [-0.39, 0.29) is 5.95 Å². The molecule has 1 aromatic heterocycles. The molecule has 1 aromatic rings. The Bertz CT molecular complexity index is 172. The summed E-state index contributed by atoms with van der Waals surface area (Å²) in [4.78, 5) is 3.28. The highest BCUT2D eigenvalue weighted by atomic mass is 19.1. The summed E-state index contributed by atoms with van der Waals surface area (Å²) in [7, 11) is 1.61. The first-order valence-corrected chi connectivity index (χ1v) is 2.08. The fourth-order valence-electron chi connectivity index (χ4n) is 0.354. The largest absolute Gasteiger partial charge is 0.356 e. The van der Waals surface area contributed by atoms with Gasteiger partial charge in [-0.25, -0.2) is 5.10 Å². The maximum atomic E-state index is 11.8. The zero-order chi connectivity index (χ0) is 5.98. The highest BCUT2D eigenvalue weighted by molar-refractivity contribution is 5.18. The van der Waals surface area contributed by atoms with Gasteiger partial charge >= 0.3 is 6.08 Å². The number of H-pyrrole nitrogens is 1. The van der Waals surface area contributed by atoms with Gasteiger partial charge in [-0.15, -0.1) is 5.10 Å². The summed E-state index contributed by atoms with van der Waals surface area (Å²) >= 11 is 0. The predicted octanol–water partition coefficient (Wildman–Crippen LogP) is -0.0145. The van der Waals surface area contributed by atoms with Gasteiger partial charge in [0, 0.05) is 7.05 Å². The topological polar surface area (TPSA) is 53.6 Å². The SMILES string of the molecule is CNc1n[nH]c(F)n1. The number of hydrogen-bond acceptors (Lipinski definition) is 3. The van der Waals surface area contributed by atoms with E-state index in [0.29, 0.717) is 0 Å². The van der Waals surface area contributed by atoms with Crippen molar-refractivity contribution in [2.45, 2.75) is 0 Å². The Morgan fingerprint density at radius 3 is 2.75 bits per heavy atom. The van der Waals surface area contributed by atoms with Crippen LogP contribution in [0.1, 0.15) is 0 Å². The third-order valence-corrected chi connectivity index (χ3v) is 0.682. The second kappa shape index (κ2) is 1.77. The lowest BCUT2D eigenvalue weighted by Gasteiger charge is -1.82. The molecule has 8 heavy (non-hydrogen) atoms. The minimum absolute atomic E-state index is 0.266. The fraction of sp³-hybridized carbons (Fsp3) is 0.333. The van der Waals surface area contributed by atoms with Gasteiger partial charge in [0.05, 0.1) is 0 Å². The average Bonchev–Trinajstić information content (AvgIpc) is 2.14. The van der Waals surface area contributed by atoms with Crippen LogP contribution < -0.4 is 5.32 Å². The molecule has 0 aliphatic rings. The van der Waals surface area contributed by atoms with Crippen molar-refractivity contribution in [3.63, 3.8) is 0 Å². The number of anilines is 1. The van der Waals surface area contributed by atoms with Gasteiger partial charge in [0.2, 0.25) is 5.95 Å². The van der Waals surface area contributed by atoms with E-state index in [2.05, 4.69) is 15.4 Å². The first kappa shape index (κ1) is 5.02. The van der Waals surface area contributed by atoms with Crippen LogP contribution in [-0.2, 0) is 0 Å². The van der Waals surface area contributed by atoms with Crippen molar-refractivity contribution in [2.75, 3.05) is 12.4 Å². The second-order valence-electron chi connectivity index (χ2n) is 1.20. The maximum Gasteiger partial charge on any atom is 0.306 e. The molecule has 1 rings (SSSR count). The van der Waals surface area contributed by atoms with Crippen LogP contribution in [0.5, 0.6) is 0 Å². The van der Waals surface area contributed by atoms with Crippen molar-refractivity contribution in [3.8, 4) is 0 Å². The van der Waals surface area contributed by atoms with E-state index in [1.807, 2.05) is 5.10 Å². The molecular weight excluding hydrogens is 111 g/mol. The van der Waals surface area contributed by atoms with Crippen molar-refractivity contribution in [1.29, 1.82) is 0 Å². The Labute approximate surface area is 45.1 Å². The highest BCUT2D eigenvalue weighted by Gasteiger charge is 1.94. The van der Waals surface area contributed by atoms with Crippen LogP contribution in [0.15, 0.2) is 0 Å². The van der Waals surface area contributed by atoms with Crippen molar-refractivity contribution in [3.05, 3.63) is 6.08 Å². The quantitative estimate of drug-likeness (QED) is 0.542. The lowest BCUT2D eigenvalue weighted by atomic mass is 11.0. The van der Waals surface area contributed by atoms with Crippen LogP contribution in [0.2, 0.25) is 0 Å². The van der Waals surface area contributed by atoms with E-state index in [1.165, 1.54) is 0 Å². The molecule has 0 atom stereocenters. The second-order valence-corrected chi connectivity index (χ2v) is 1.20. The summed E-state index contributed by atoms with van der Waals surface area (Å²) in [6, 6.07) is 0. The van der Waals surface area contributed by atoms with E-state index in [0.717, 1.165) is 0 Å². The Kier molecular flexibility index (Phi) is 1.11. The minimum atomic E-state index is -0.672. The van der Waals surface area contributed by atoms with Gasteiger partial charge in [-0.1, -0.05) is 0 Å². The third-order valence-electron chi connectivity index (χ3n) is 0.682. The average molecular weight is 116 g/mol. The number of nitrogens with zero attached hydrogens (tertiary/aromatic N) is 2. The van der Waals surface area contributed by atoms with E-state index in [1.54, 1.807) is 7.05 Å². The summed E-state index contributed by atoms with van der Waals surface area (Å²) in [5.41, 5.74) is 0. The molecule has 1 heterocycles. The number of nitrogens with one attached hydrogen (secondary N) is 2. The molecule has 5 heteroatoms. The van der Waals surface area contributed by atoms with Crippen LogP contribution in [0.3, 0.4) is 0 Å². The normalized spacial score (nSPS) is 9.25. The lowest BCUT2D eigenvalue weighted by molar-refractivity contribution is 0.544. The van der Waals surface area contributed by atoms with Gasteiger partial charge in [-0.2, -0.15) is 9.37 Å². The number of aromatic nitrogens is 3. The Balaban J connectivity index is 2.84. The predicted molar refractivity (Wildman–Crippen MR) is 25.9 cm³/mol. The van der Waals surface area contributed by atoms with E-state index >= 15 is 0 Å². The summed E-state index contributed by atoms with van der Waals surface area (Å²) in [6.45, 7) is 0. The molecule has 0 radical (unpaired) electrons. The van der Waals surface area contributed by atoms with Crippen molar-refractivity contribution < 1.29 is 4.39 Å². The van der Waals surface area contributed by atoms with Crippen LogP contribution in [-0.4, -0.2) is 22.2 Å². The molecule has 0 aliphatic carbocycles. The summed E-state index contributed by atoms with van der Waals surface area (Å²) in [5.74, 6) is 0.266. The molecule has 0 spiro atoms. The van der Waals surface area contributed by atoms with Crippen LogP contribution in [0, 0.1) is 6.08 Å². The molecule has 0 aliphatic heterocycles. The highest BCUT2D eigenvalue weighted by Crippen LogP contribution is 1.92. The Hall–Kier alpha value is -1.13. The van der Waals surface area contributed by atoms with Crippen LogP contribution >= 0.6 is 0 Å². The number of rotatable bonds is 1. The smallest absolute Gasteiger partial charge is 0.306 e. The molecule has 0 amide bonds. The number of hydrogen-bond donors (Lipinski definition) is 2. The lowest BCUT2D eigenvalue weighted by Crippen LogP contribution is -1.88. The number of aromatic amines is 1. The first-order valence-electron chi connectivity index (χ1n) is 2.08. The van der Waals surface area contributed by atoms with Gasteiger partial charge in [-0.3, -0.25) is 0 Å². The molecule has 0 bridgehead atoms. The standard InChI is InChI=1S/C3H5FN4/c1-5-3-6-2(4)7-8-3/h1H3,(H2,5,6,7,8). The zero-order valence-electron chi connectivity index (χ0n) is 4.27. The Morgan fingerprint density at radius 2 is 2.50 bits per heavy atom. The monoisotopic (exact) mass is 116 g/mol. The van der Waals surface area contributed by atoms with Gasteiger partial charge < -0.3 is 5.32 Å². The van der Waals surface area contributed by atoms with Gasteiger partial charge in [0.25, 0.3) is 0 Å². The van der Waals surface area contributed by atoms with Gasteiger partial charge in [0.15, 0.2) is 0 Å². The fourth-order valence-corrected chi connectivity index (χ4v) is 0.354. The summed E-state index contributed by atoms with van der Waals surface area (Å²) < 4.78 is 11.8. The van der Waals surface area contributed by atoms with E-state index in [9.17, 15) is 4.39 Å². The van der Waals surface area contributed by atoms with Crippen molar-refractivity contribution in [2.24, 2.45) is 0 Å². The molecule has 44 valence electrons. The van der Waals surface area contributed by atoms with Crippen molar-refractivity contribution >= 4 is 5.95 Å². The molecular formula is C3H5FN4. The summed E-state index contributed by atoms with van der Waals surface area (Å²) in [6.07, 6.45) is -0.672. The minimum Gasteiger partial charge on any atom is -0.356 e. The molecule has 0 aromatic carbocycles. The molecule has 4 nitrogen and oxygen atoms in total. The molecule has 2 N–H and O–H groups in total. The van der Waals surface area contributed by atoms with E-state index in [4.69, 9.17) is 0 Å². The molecule has 0 saturated carbocycles. The molecule has 0 fully saturated rings. The maximum absolute atomic E-state index is 11.8. The molecule has 0 unspecified atom stereocenters. The van der Waals surface area contributed by atoms with Gasteiger partial charge in [-0.05, 0) is 0 Å². The van der Waals surface area contributed by atoms with Crippen molar-refractivity contribution in [1.82, 2.24) is 15.2 Å². The Morgan fingerprint density at radius 1 is 1.75 bits per heavy atom. The van der Waals surface area contributed by atoms with Crippen LogP contribution in [0.4, 0.5) is 10.3 Å².